The van der Waals surface area contributed by atoms with Crippen LogP contribution in [0.4, 0.5) is 0 Å². The first kappa shape index (κ1) is 17.0. The zero-order valence-corrected chi connectivity index (χ0v) is 16.6. The number of aryl methyl sites for hydroxylation is 1. The molecule has 0 saturated carbocycles. The second-order valence-electron chi connectivity index (χ2n) is 7.12. The Morgan fingerprint density at radius 1 is 1.29 bits per heavy atom. The topological polar surface area (TPSA) is 24.0 Å². The Morgan fingerprint density at radius 2 is 2.00 bits per heavy atom. The van der Waals surface area contributed by atoms with Crippen LogP contribution in [0.15, 0.2) is 17.0 Å². The van der Waals surface area contributed by atoms with Gasteiger partial charge in [0.25, 0.3) is 0 Å². The molecule has 1 aromatic heterocycles. The first-order valence-corrected chi connectivity index (χ1v) is 10.5. The van der Waals surface area contributed by atoms with Gasteiger partial charge in [0.2, 0.25) is 0 Å². The van der Waals surface area contributed by atoms with Crippen LogP contribution in [0.5, 0.6) is 0 Å². The number of thioether (sulfide) groups is 1. The predicted octanol–water partition coefficient (Wildman–Crippen LogP) is 5.48. The highest BCUT2D eigenvalue weighted by Gasteiger charge is 2.38. The molecule has 2 aromatic rings. The van der Waals surface area contributed by atoms with Crippen molar-refractivity contribution in [3.8, 4) is 0 Å². The van der Waals surface area contributed by atoms with Crippen LogP contribution in [-0.4, -0.2) is 38.8 Å². The van der Waals surface area contributed by atoms with Gasteiger partial charge in [-0.05, 0) is 63.5 Å². The molecule has 0 aliphatic carbocycles. The van der Waals surface area contributed by atoms with E-state index in [1.54, 1.807) is 0 Å². The molecule has 1 unspecified atom stereocenters. The van der Waals surface area contributed by atoms with E-state index in [2.05, 4.69) is 40.6 Å². The lowest BCUT2D eigenvalue weighted by Crippen LogP contribution is -2.40. The number of benzene rings is 1. The van der Waals surface area contributed by atoms with Crippen molar-refractivity contribution in [1.82, 2.24) is 14.5 Å². The molecule has 2 bridgehead atoms. The van der Waals surface area contributed by atoms with Crippen LogP contribution in [0.25, 0.3) is 11.0 Å². The normalized spacial score (nSPS) is 27.2. The van der Waals surface area contributed by atoms with Gasteiger partial charge in [-0.3, -0.25) is 0 Å². The second-order valence-corrected chi connectivity index (χ2v) is 9.22. The average Bonchev–Trinajstić information content (AvgIpc) is 2.96. The minimum absolute atomic E-state index is 0.676. The van der Waals surface area contributed by atoms with Gasteiger partial charge >= 0.3 is 0 Å². The van der Waals surface area contributed by atoms with Crippen LogP contribution in [0, 0.1) is 4.77 Å². The van der Waals surface area contributed by atoms with Crippen LogP contribution in [0.2, 0.25) is 5.02 Å². The maximum absolute atomic E-state index is 6.81. The van der Waals surface area contributed by atoms with Crippen molar-refractivity contribution in [3.05, 3.63) is 21.9 Å². The summed E-state index contributed by atoms with van der Waals surface area (Å²) in [5.41, 5.74) is 2.12. The maximum atomic E-state index is 6.81. The monoisotopic (exact) mass is 381 g/mol. The molecule has 1 aromatic carbocycles. The summed E-state index contributed by atoms with van der Waals surface area (Å²) in [6, 6.07) is 5.83. The fourth-order valence-corrected chi connectivity index (χ4v) is 6.40. The number of imidazole rings is 1. The number of H-pyrrole nitrogens is 1. The minimum Gasteiger partial charge on any atom is -0.331 e. The third-order valence-electron chi connectivity index (χ3n) is 5.63. The molecular formula is C18H24ClN3S2. The molecule has 0 spiro atoms. The molecule has 130 valence electrons. The van der Waals surface area contributed by atoms with E-state index < -0.39 is 0 Å². The highest BCUT2D eigenvalue weighted by molar-refractivity contribution is 8.00. The number of halogens is 1. The fraction of sp³-hybridized carbons (Fsp3) is 0.611. The molecule has 1 N–H and O–H groups in total. The Morgan fingerprint density at radius 3 is 2.67 bits per heavy atom. The van der Waals surface area contributed by atoms with E-state index >= 15 is 0 Å². The van der Waals surface area contributed by atoms with E-state index in [-0.39, 0.29) is 0 Å². The lowest BCUT2D eigenvalue weighted by Gasteiger charge is -2.36. The number of aromatic amines is 1. The second kappa shape index (κ2) is 6.67. The van der Waals surface area contributed by atoms with Crippen molar-refractivity contribution >= 4 is 46.6 Å². The number of nitrogens with one attached hydrogen (secondary N) is 1. The Kier molecular flexibility index (Phi) is 4.71. The molecule has 2 fully saturated rings. The molecule has 3 heterocycles. The number of nitrogens with zero attached hydrogens (tertiary/aromatic N) is 2. The van der Waals surface area contributed by atoms with Crippen LogP contribution in [0.3, 0.4) is 0 Å². The number of hydrogen-bond acceptors (Lipinski definition) is 3. The largest absolute Gasteiger partial charge is 0.331 e. The first-order valence-electron chi connectivity index (χ1n) is 8.88. The molecule has 24 heavy (non-hydrogen) atoms. The quantitative estimate of drug-likeness (QED) is 0.709. The molecule has 2 aliphatic heterocycles. The zero-order chi connectivity index (χ0) is 16.8. The van der Waals surface area contributed by atoms with Gasteiger partial charge in [0.1, 0.15) is 0 Å². The van der Waals surface area contributed by atoms with E-state index in [9.17, 15) is 0 Å². The van der Waals surface area contributed by atoms with Crippen molar-refractivity contribution in [2.24, 2.45) is 0 Å². The minimum atomic E-state index is 0.676. The molecule has 3 atom stereocenters. The van der Waals surface area contributed by atoms with Crippen molar-refractivity contribution in [1.29, 1.82) is 0 Å². The van der Waals surface area contributed by atoms with Gasteiger partial charge in [0.15, 0.2) is 4.77 Å². The number of rotatable bonds is 4. The summed E-state index contributed by atoms with van der Waals surface area (Å²) >= 11 is 14.3. The summed E-state index contributed by atoms with van der Waals surface area (Å²) in [5.74, 6) is 0. The van der Waals surface area contributed by atoms with E-state index in [4.69, 9.17) is 23.8 Å². The van der Waals surface area contributed by atoms with Gasteiger partial charge in [-0.25, -0.2) is 0 Å². The standard InChI is InChI=1S/C18H24ClN3S2/c1-3-8-22-17-14(20-18(22)23)6-7-15(16(17)19)24-13-9-11-4-5-12(10-13)21(11)2/h6-7,11-13H,3-5,8-10H2,1-2H3,(H,20,23)/t11-,12+,13?. The molecule has 4 rings (SSSR count). The summed E-state index contributed by atoms with van der Waals surface area (Å²) in [4.78, 5) is 7.09. The van der Waals surface area contributed by atoms with E-state index in [1.165, 1.54) is 30.6 Å². The molecule has 0 radical (unpaired) electrons. The molecule has 0 amide bonds. The van der Waals surface area contributed by atoms with Crippen molar-refractivity contribution in [3.63, 3.8) is 0 Å². The molecule has 2 saturated heterocycles. The molecule has 2 aliphatic rings. The summed E-state index contributed by atoms with van der Waals surface area (Å²) in [6.45, 7) is 3.08. The van der Waals surface area contributed by atoms with Gasteiger partial charge in [-0.1, -0.05) is 18.5 Å². The summed E-state index contributed by atoms with van der Waals surface area (Å²) in [7, 11) is 2.29. The lowest BCUT2D eigenvalue weighted by molar-refractivity contribution is 0.183. The number of fused-ring (bicyclic) bond motifs is 3. The van der Waals surface area contributed by atoms with E-state index in [0.29, 0.717) is 5.25 Å². The Bertz CT molecular complexity index is 798. The van der Waals surface area contributed by atoms with Crippen molar-refractivity contribution < 1.29 is 0 Å². The van der Waals surface area contributed by atoms with Crippen LogP contribution < -0.4 is 0 Å². The predicted molar refractivity (Wildman–Crippen MR) is 106 cm³/mol. The third kappa shape index (κ3) is 2.83. The lowest BCUT2D eigenvalue weighted by atomic mass is 10.0. The molecular weight excluding hydrogens is 358 g/mol. The summed E-state index contributed by atoms with van der Waals surface area (Å²) in [5, 5.41) is 1.54. The van der Waals surface area contributed by atoms with Gasteiger partial charge in [0.05, 0.1) is 16.1 Å². The number of hydrogen-bond donors (Lipinski definition) is 1. The zero-order valence-electron chi connectivity index (χ0n) is 14.2. The van der Waals surface area contributed by atoms with Crippen LogP contribution in [0.1, 0.15) is 39.0 Å². The van der Waals surface area contributed by atoms with Gasteiger partial charge in [0, 0.05) is 28.8 Å². The van der Waals surface area contributed by atoms with Gasteiger partial charge in [-0.15, -0.1) is 11.8 Å². The van der Waals surface area contributed by atoms with Crippen LogP contribution >= 0.6 is 35.6 Å². The molecule has 6 heteroatoms. The number of piperidine rings is 1. The smallest absolute Gasteiger partial charge is 0.178 e. The number of aromatic nitrogens is 2. The van der Waals surface area contributed by atoms with E-state index in [0.717, 1.165) is 45.9 Å². The Balaban J connectivity index is 1.64. The van der Waals surface area contributed by atoms with Gasteiger partial charge < -0.3 is 14.5 Å². The summed E-state index contributed by atoms with van der Waals surface area (Å²) in [6.07, 6.45) is 6.32. The first-order chi connectivity index (χ1) is 11.6. The van der Waals surface area contributed by atoms with E-state index in [1.807, 2.05) is 11.8 Å². The van der Waals surface area contributed by atoms with Crippen molar-refractivity contribution in [2.45, 2.75) is 67.8 Å². The van der Waals surface area contributed by atoms with Crippen molar-refractivity contribution in [2.75, 3.05) is 7.05 Å². The fourth-order valence-electron chi connectivity index (χ4n) is 4.36. The average molecular weight is 382 g/mol. The highest BCUT2D eigenvalue weighted by Crippen LogP contribution is 2.44. The molecule has 3 nitrogen and oxygen atoms in total. The summed E-state index contributed by atoms with van der Waals surface area (Å²) < 4.78 is 2.92. The SMILES string of the molecule is CCCn1c(=S)[nH]c2ccc(SC3C[C@H]4CC[C@@H](C3)N4C)c(Cl)c21. The Hall–Kier alpha value is -0.490. The Labute approximate surface area is 157 Å². The highest BCUT2D eigenvalue weighted by atomic mass is 35.5. The van der Waals surface area contributed by atoms with Gasteiger partial charge in [-0.2, -0.15) is 0 Å². The third-order valence-corrected chi connectivity index (χ3v) is 7.76. The van der Waals surface area contributed by atoms with Crippen LogP contribution in [-0.2, 0) is 6.54 Å². The maximum Gasteiger partial charge on any atom is 0.178 e.